The van der Waals surface area contributed by atoms with Gasteiger partial charge in [0.1, 0.15) is 0 Å². The molecule has 3 N–H and O–H groups in total. The molecule has 0 heterocycles. The SMILES string of the molecule is C/C=C(/CCC)NC(=O)c1ccccc1N. The third kappa shape index (κ3) is 3.12. The number of hydrogen-bond donors (Lipinski definition) is 2. The summed E-state index contributed by atoms with van der Waals surface area (Å²) in [5, 5.41) is 2.87. The van der Waals surface area contributed by atoms with E-state index in [9.17, 15) is 4.79 Å². The maximum Gasteiger partial charge on any atom is 0.257 e. The zero-order chi connectivity index (χ0) is 12.0. The lowest BCUT2D eigenvalue weighted by atomic mass is 10.1. The Morgan fingerprint density at radius 1 is 1.44 bits per heavy atom. The molecule has 3 heteroatoms. The number of nitrogens with one attached hydrogen (secondary N) is 1. The van der Waals surface area contributed by atoms with Crippen molar-refractivity contribution in [3.8, 4) is 0 Å². The normalized spacial score (nSPS) is 11.2. The van der Waals surface area contributed by atoms with Crippen LogP contribution in [0.15, 0.2) is 36.0 Å². The van der Waals surface area contributed by atoms with E-state index < -0.39 is 0 Å². The van der Waals surface area contributed by atoms with Gasteiger partial charge in [0, 0.05) is 11.4 Å². The number of nitrogens with two attached hydrogens (primary N) is 1. The second-order valence-corrected chi connectivity index (χ2v) is 3.61. The van der Waals surface area contributed by atoms with Gasteiger partial charge in [-0.15, -0.1) is 0 Å². The predicted octanol–water partition coefficient (Wildman–Crippen LogP) is 2.70. The molecule has 16 heavy (non-hydrogen) atoms. The van der Waals surface area contributed by atoms with Crippen molar-refractivity contribution >= 4 is 11.6 Å². The average Bonchev–Trinajstić information content (AvgIpc) is 2.28. The molecule has 1 aromatic carbocycles. The molecule has 86 valence electrons. The van der Waals surface area contributed by atoms with E-state index in [1.165, 1.54) is 0 Å². The molecule has 0 aliphatic carbocycles. The Morgan fingerprint density at radius 3 is 2.69 bits per heavy atom. The van der Waals surface area contributed by atoms with Crippen LogP contribution < -0.4 is 11.1 Å². The molecule has 0 aliphatic heterocycles. The summed E-state index contributed by atoms with van der Waals surface area (Å²) in [5.41, 5.74) is 7.71. The fraction of sp³-hybridized carbons (Fsp3) is 0.308. The summed E-state index contributed by atoms with van der Waals surface area (Å²) >= 11 is 0. The van der Waals surface area contributed by atoms with E-state index in [0.717, 1.165) is 18.5 Å². The predicted molar refractivity (Wildman–Crippen MR) is 67.0 cm³/mol. The Morgan fingerprint density at radius 2 is 2.12 bits per heavy atom. The standard InChI is InChI=1S/C13H18N2O/c1-3-7-10(4-2)15-13(16)11-8-5-6-9-12(11)14/h4-6,8-9H,3,7,14H2,1-2H3,(H,15,16)/b10-4-. The zero-order valence-corrected chi connectivity index (χ0v) is 9.79. The van der Waals surface area contributed by atoms with Gasteiger partial charge in [0.15, 0.2) is 0 Å². The summed E-state index contributed by atoms with van der Waals surface area (Å²) in [4.78, 5) is 11.9. The molecule has 3 nitrogen and oxygen atoms in total. The highest BCUT2D eigenvalue weighted by Crippen LogP contribution is 2.11. The molecule has 0 saturated carbocycles. The maximum atomic E-state index is 11.9. The van der Waals surface area contributed by atoms with Gasteiger partial charge in [-0.2, -0.15) is 0 Å². The van der Waals surface area contributed by atoms with Crippen LogP contribution in [0.3, 0.4) is 0 Å². The Kier molecular flexibility index (Phi) is 4.58. The largest absolute Gasteiger partial charge is 0.398 e. The van der Waals surface area contributed by atoms with Crippen molar-refractivity contribution in [1.29, 1.82) is 0 Å². The summed E-state index contributed by atoms with van der Waals surface area (Å²) in [6.07, 6.45) is 3.79. The van der Waals surface area contributed by atoms with Crippen LogP contribution in [0.4, 0.5) is 5.69 Å². The molecule has 0 aromatic heterocycles. The summed E-state index contributed by atoms with van der Waals surface area (Å²) in [6.45, 7) is 3.99. The van der Waals surface area contributed by atoms with E-state index in [0.29, 0.717) is 11.3 Å². The number of carbonyl (C=O) groups excluding carboxylic acids is 1. The minimum atomic E-state index is -0.139. The topological polar surface area (TPSA) is 55.1 Å². The molecular formula is C13H18N2O. The van der Waals surface area contributed by atoms with E-state index in [1.54, 1.807) is 18.2 Å². The summed E-state index contributed by atoms with van der Waals surface area (Å²) < 4.78 is 0. The van der Waals surface area contributed by atoms with Crippen molar-refractivity contribution in [2.24, 2.45) is 0 Å². The Hall–Kier alpha value is -1.77. The number of benzene rings is 1. The highest BCUT2D eigenvalue weighted by molar-refractivity contribution is 5.99. The van der Waals surface area contributed by atoms with Crippen LogP contribution in [0.25, 0.3) is 0 Å². The molecule has 0 spiro atoms. The first-order valence-electron chi connectivity index (χ1n) is 5.50. The van der Waals surface area contributed by atoms with Crippen LogP contribution in [0.2, 0.25) is 0 Å². The monoisotopic (exact) mass is 218 g/mol. The summed E-state index contributed by atoms with van der Waals surface area (Å²) in [7, 11) is 0. The minimum Gasteiger partial charge on any atom is -0.398 e. The number of para-hydroxylation sites is 1. The molecule has 0 aliphatic rings. The van der Waals surface area contributed by atoms with Crippen molar-refractivity contribution in [2.45, 2.75) is 26.7 Å². The van der Waals surface area contributed by atoms with E-state index in [2.05, 4.69) is 12.2 Å². The Bertz CT molecular complexity index is 397. The third-order valence-corrected chi connectivity index (χ3v) is 2.35. The molecule has 0 bridgehead atoms. The van der Waals surface area contributed by atoms with Crippen molar-refractivity contribution in [3.05, 3.63) is 41.6 Å². The first-order chi connectivity index (χ1) is 7.69. The molecule has 0 radical (unpaired) electrons. The van der Waals surface area contributed by atoms with Crippen LogP contribution in [-0.2, 0) is 0 Å². The molecule has 0 unspecified atom stereocenters. The molecule has 1 amide bonds. The lowest BCUT2D eigenvalue weighted by Crippen LogP contribution is -2.23. The molecule has 0 saturated heterocycles. The lowest BCUT2D eigenvalue weighted by Gasteiger charge is -2.09. The molecule has 0 fully saturated rings. The quantitative estimate of drug-likeness (QED) is 0.763. The highest BCUT2D eigenvalue weighted by Gasteiger charge is 2.09. The van der Waals surface area contributed by atoms with Gasteiger partial charge >= 0.3 is 0 Å². The number of hydrogen-bond acceptors (Lipinski definition) is 2. The van der Waals surface area contributed by atoms with Crippen LogP contribution in [0.5, 0.6) is 0 Å². The lowest BCUT2D eigenvalue weighted by molar-refractivity contribution is 0.0965. The molecule has 1 aromatic rings. The third-order valence-electron chi connectivity index (χ3n) is 2.35. The molecule has 1 rings (SSSR count). The minimum absolute atomic E-state index is 0.139. The average molecular weight is 218 g/mol. The van der Waals surface area contributed by atoms with Gasteiger partial charge in [-0.05, 0) is 25.5 Å². The second-order valence-electron chi connectivity index (χ2n) is 3.61. The van der Waals surface area contributed by atoms with E-state index in [1.807, 2.05) is 19.1 Å². The number of carbonyl (C=O) groups is 1. The summed E-state index contributed by atoms with van der Waals surface area (Å²) in [6, 6.07) is 7.07. The first kappa shape index (κ1) is 12.3. The first-order valence-corrected chi connectivity index (χ1v) is 5.50. The zero-order valence-electron chi connectivity index (χ0n) is 9.79. The van der Waals surface area contributed by atoms with Gasteiger partial charge in [0.25, 0.3) is 5.91 Å². The van der Waals surface area contributed by atoms with Crippen molar-refractivity contribution in [1.82, 2.24) is 5.32 Å². The second kappa shape index (κ2) is 5.95. The van der Waals surface area contributed by atoms with E-state index in [-0.39, 0.29) is 5.91 Å². The van der Waals surface area contributed by atoms with Gasteiger partial charge in [-0.1, -0.05) is 31.6 Å². The van der Waals surface area contributed by atoms with Crippen molar-refractivity contribution < 1.29 is 4.79 Å². The fourth-order valence-corrected chi connectivity index (χ4v) is 1.47. The fourth-order valence-electron chi connectivity index (χ4n) is 1.47. The van der Waals surface area contributed by atoms with Crippen LogP contribution >= 0.6 is 0 Å². The number of allylic oxidation sites excluding steroid dienone is 2. The number of rotatable bonds is 4. The van der Waals surface area contributed by atoms with Crippen LogP contribution in [-0.4, -0.2) is 5.91 Å². The van der Waals surface area contributed by atoms with Gasteiger partial charge in [0.05, 0.1) is 5.56 Å². The number of amides is 1. The Labute approximate surface area is 96.3 Å². The Balaban J connectivity index is 2.76. The van der Waals surface area contributed by atoms with Crippen molar-refractivity contribution in [2.75, 3.05) is 5.73 Å². The summed E-state index contributed by atoms with van der Waals surface area (Å²) in [5.74, 6) is -0.139. The smallest absolute Gasteiger partial charge is 0.257 e. The van der Waals surface area contributed by atoms with Gasteiger partial charge in [-0.25, -0.2) is 0 Å². The van der Waals surface area contributed by atoms with Crippen LogP contribution in [0, 0.1) is 0 Å². The van der Waals surface area contributed by atoms with Crippen LogP contribution in [0.1, 0.15) is 37.0 Å². The number of anilines is 1. The van der Waals surface area contributed by atoms with Gasteiger partial charge < -0.3 is 11.1 Å². The number of nitrogen functional groups attached to an aromatic ring is 1. The van der Waals surface area contributed by atoms with E-state index in [4.69, 9.17) is 5.73 Å². The molecule has 0 atom stereocenters. The maximum absolute atomic E-state index is 11.9. The highest BCUT2D eigenvalue weighted by atomic mass is 16.1. The van der Waals surface area contributed by atoms with Gasteiger partial charge in [-0.3, -0.25) is 4.79 Å². The van der Waals surface area contributed by atoms with E-state index >= 15 is 0 Å². The molecular weight excluding hydrogens is 200 g/mol. The van der Waals surface area contributed by atoms with Crippen molar-refractivity contribution in [3.63, 3.8) is 0 Å². The van der Waals surface area contributed by atoms with Gasteiger partial charge in [0.2, 0.25) is 0 Å².